The van der Waals surface area contributed by atoms with Gasteiger partial charge in [0.1, 0.15) is 0 Å². The van der Waals surface area contributed by atoms with Crippen molar-refractivity contribution in [2.75, 3.05) is 0 Å². The zero-order valence-corrected chi connectivity index (χ0v) is 33.5. The molecule has 2 heterocycles. The second-order valence-electron chi connectivity index (χ2n) is 17.2. The second kappa shape index (κ2) is 23.1. The van der Waals surface area contributed by atoms with Gasteiger partial charge in [-0.1, -0.05) is 51.4 Å². The van der Waals surface area contributed by atoms with Crippen LogP contribution in [0.15, 0.2) is 0 Å². The van der Waals surface area contributed by atoms with Gasteiger partial charge in [0, 0.05) is 52.1 Å². The molecule has 1 radical (unpaired) electrons. The van der Waals surface area contributed by atoms with E-state index in [-0.39, 0.29) is 64.3 Å². The predicted octanol–water partition coefficient (Wildman–Crippen LogP) is 7.16. The fourth-order valence-electron chi connectivity index (χ4n) is 7.89. The molecule has 0 aliphatic carbocycles. The van der Waals surface area contributed by atoms with E-state index in [4.69, 9.17) is 19.7 Å². The third-order valence-electron chi connectivity index (χ3n) is 9.28. The molecule has 0 aromatic rings. The maximum absolute atomic E-state index is 11.5. The van der Waals surface area contributed by atoms with E-state index in [9.17, 15) is 29.4 Å². The SMILES string of the molecule is CC1(C)CC(OC(CCCCCCCC(=O)O)C(=O)O)CC(C)(C)N1.CC1(C)CC(OC(CCCCCCCC(=O)O)C(=O)O)CC(C)(C)N1.[Cu]. The fourth-order valence-corrected chi connectivity index (χ4v) is 7.89. The van der Waals surface area contributed by atoms with Crippen molar-refractivity contribution in [3.05, 3.63) is 0 Å². The third kappa shape index (κ3) is 23.5. The molecular formula is C38H70CuN2O10. The van der Waals surface area contributed by atoms with Crippen LogP contribution in [0.3, 0.4) is 0 Å². The molecule has 2 fully saturated rings. The van der Waals surface area contributed by atoms with Crippen LogP contribution in [0.2, 0.25) is 0 Å². The molecule has 12 nitrogen and oxygen atoms in total. The van der Waals surface area contributed by atoms with E-state index in [0.717, 1.165) is 77.0 Å². The van der Waals surface area contributed by atoms with Crippen LogP contribution < -0.4 is 10.6 Å². The number of hydrogen-bond acceptors (Lipinski definition) is 8. The minimum Gasteiger partial charge on any atom is -0.481 e. The van der Waals surface area contributed by atoms with E-state index < -0.39 is 36.1 Å². The number of carboxylic acids is 4. The minimum absolute atomic E-state index is 0. The number of aliphatic carboxylic acids is 4. The largest absolute Gasteiger partial charge is 0.481 e. The molecule has 6 N–H and O–H groups in total. The van der Waals surface area contributed by atoms with Gasteiger partial charge in [-0.15, -0.1) is 0 Å². The molecule has 0 amide bonds. The van der Waals surface area contributed by atoms with E-state index in [0.29, 0.717) is 25.7 Å². The van der Waals surface area contributed by atoms with Crippen LogP contribution in [0.5, 0.6) is 0 Å². The van der Waals surface area contributed by atoms with Crippen molar-refractivity contribution in [2.45, 2.75) is 218 Å². The summed E-state index contributed by atoms with van der Waals surface area (Å²) in [5.74, 6) is -3.29. The molecule has 303 valence electrons. The van der Waals surface area contributed by atoms with E-state index in [1.54, 1.807) is 0 Å². The van der Waals surface area contributed by atoms with Crippen molar-refractivity contribution >= 4 is 23.9 Å². The maximum atomic E-state index is 11.5. The zero-order chi connectivity index (χ0) is 38.2. The fraction of sp³-hybridized carbons (Fsp3) is 0.895. The van der Waals surface area contributed by atoms with Gasteiger partial charge in [-0.2, -0.15) is 0 Å². The van der Waals surface area contributed by atoms with Gasteiger partial charge in [-0.3, -0.25) is 9.59 Å². The maximum Gasteiger partial charge on any atom is 0.332 e. The van der Waals surface area contributed by atoms with Crippen LogP contribution in [-0.4, -0.2) is 90.9 Å². The van der Waals surface area contributed by atoms with Crippen LogP contribution in [0, 0.1) is 0 Å². The summed E-state index contributed by atoms with van der Waals surface area (Å²) in [7, 11) is 0. The van der Waals surface area contributed by atoms with E-state index in [1.165, 1.54) is 0 Å². The molecule has 2 saturated heterocycles. The van der Waals surface area contributed by atoms with Gasteiger partial charge in [-0.05, 0) is 107 Å². The van der Waals surface area contributed by atoms with E-state index >= 15 is 0 Å². The van der Waals surface area contributed by atoms with Crippen molar-refractivity contribution in [1.29, 1.82) is 0 Å². The summed E-state index contributed by atoms with van der Waals surface area (Å²) >= 11 is 0. The van der Waals surface area contributed by atoms with Crippen molar-refractivity contribution in [1.82, 2.24) is 10.6 Å². The Bertz CT molecular complexity index is 951. The number of rotatable bonds is 22. The Morgan fingerprint density at radius 3 is 1.02 bits per heavy atom. The Morgan fingerprint density at radius 2 is 0.765 bits per heavy atom. The molecule has 51 heavy (non-hydrogen) atoms. The van der Waals surface area contributed by atoms with E-state index in [1.807, 2.05) is 0 Å². The molecule has 2 aliphatic rings. The summed E-state index contributed by atoms with van der Waals surface area (Å²) < 4.78 is 11.9. The van der Waals surface area contributed by atoms with Gasteiger partial charge >= 0.3 is 23.9 Å². The molecular weight excluding hydrogens is 708 g/mol. The van der Waals surface area contributed by atoms with Gasteiger partial charge in [0.2, 0.25) is 0 Å². The number of piperidine rings is 2. The molecule has 13 heteroatoms. The normalized spacial score (nSPS) is 20.5. The number of hydrogen-bond donors (Lipinski definition) is 6. The first-order valence-electron chi connectivity index (χ1n) is 18.8. The van der Waals surface area contributed by atoms with Crippen molar-refractivity contribution in [3.8, 4) is 0 Å². The second-order valence-corrected chi connectivity index (χ2v) is 17.2. The monoisotopic (exact) mass is 777 g/mol. The van der Waals surface area contributed by atoms with Crippen LogP contribution in [-0.2, 0) is 45.7 Å². The standard InChI is InChI=1S/2C19H35NO5.Cu/c2*1-18(2)12-14(13-19(3,4)20-18)25-15(17(23)24)10-8-6-5-7-9-11-16(21)22;/h2*14-15,20H,5-13H2,1-4H3,(H,21,22)(H,23,24);. The number of carboxylic acid groups (broad SMARTS) is 4. The molecule has 2 atom stereocenters. The number of nitrogens with one attached hydrogen (secondary N) is 2. The Labute approximate surface area is 317 Å². The van der Waals surface area contributed by atoms with Crippen LogP contribution >= 0.6 is 0 Å². The Hall–Kier alpha value is -1.76. The Kier molecular flexibility index (Phi) is 22.3. The van der Waals surface area contributed by atoms with Crippen LogP contribution in [0.1, 0.15) is 171 Å². The zero-order valence-electron chi connectivity index (χ0n) is 32.6. The predicted molar refractivity (Wildman–Crippen MR) is 194 cm³/mol. The molecule has 0 bridgehead atoms. The molecule has 2 rings (SSSR count). The minimum atomic E-state index is -0.889. The summed E-state index contributed by atoms with van der Waals surface area (Å²) in [6, 6.07) is 0. The summed E-state index contributed by atoms with van der Waals surface area (Å²) in [6.45, 7) is 17.0. The average molecular weight is 779 g/mol. The number of unbranched alkanes of at least 4 members (excludes halogenated alkanes) is 8. The molecule has 2 aliphatic heterocycles. The van der Waals surface area contributed by atoms with Gasteiger partial charge in [0.15, 0.2) is 12.2 Å². The Morgan fingerprint density at radius 1 is 0.510 bits per heavy atom. The smallest absolute Gasteiger partial charge is 0.332 e. The average Bonchev–Trinajstić information content (AvgIpc) is 2.91. The van der Waals surface area contributed by atoms with Crippen LogP contribution in [0.4, 0.5) is 0 Å². The molecule has 2 unspecified atom stereocenters. The molecule has 0 aromatic heterocycles. The summed E-state index contributed by atoms with van der Waals surface area (Å²) in [4.78, 5) is 44.0. The quantitative estimate of drug-likeness (QED) is 0.0481. The summed E-state index contributed by atoms with van der Waals surface area (Å²) in [5, 5.41) is 43.3. The molecule has 0 saturated carbocycles. The first-order valence-corrected chi connectivity index (χ1v) is 18.8. The first kappa shape index (κ1) is 49.2. The van der Waals surface area contributed by atoms with Gasteiger partial charge in [-0.25, -0.2) is 9.59 Å². The van der Waals surface area contributed by atoms with Gasteiger partial charge in [0.25, 0.3) is 0 Å². The number of ether oxygens (including phenoxy) is 2. The topological polar surface area (TPSA) is 192 Å². The summed E-state index contributed by atoms with van der Waals surface area (Å²) in [5.41, 5.74) is -0.279. The molecule has 0 aromatic carbocycles. The van der Waals surface area contributed by atoms with Crippen LogP contribution in [0.25, 0.3) is 0 Å². The summed E-state index contributed by atoms with van der Waals surface area (Å²) in [6.07, 6.45) is 11.4. The van der Waals surface area contributed by atoms with Gasteiger partial charge in [0.05, 0.1) is 12.2 Å². The Balaban J connectivity index is 0.000000962. The van der Waals surface area contributed by atoms with E-state index in [2.05, 4.69) is 66.0 Å². The van der Waals surface area contributed by atoms with Crippen molar-refractivity contribution in [2.24, 2.45) is 0 Å². The van der Waals surface area contributed by atoms with Crippen molar-refractivity contribution < 1.29 is 66.1 Å². The van der Waals surface area contributed by atoms with Gasteiger partial charge < -0.3 is 40.5 Å². The number of carbonyl (C=O) groups is 4. The van der Waals surface area contributed by atoms with Crippen molar-refractivity contribution in [3.63, 3.8) is 0 Å². The first-order chi connectivity index (χ1) is 23.0. The third-order valence-corrected chi connectivity index (χ3v) is 9.28. The molecule has 0 spiro atoms.